The molecule has 0 heterocycles. The van der Waals surface area contributed by atoms with Crippen LogP contribution in [-0.4, -0.2) is 16.4 Å². The Hall–Kier alpha value is -0.680. The van der Waals surface area contributed by atoms with Crippen molar-refractivity contribution in [1.29, 1.82) is 0 Å². The van der Waals surface area contributed by atoms with E-state index in [4.69, 9.17) is 0 Å². The maximum atomic E-state index is 10.5. The molecule has 94 valence electrons. The first kappa shape index (κ1) is 14.4. The normalized spacial score (nSPS) is 12.4. The highest BCUT2D eigenvalue weighted by Crippen LogP contribution is 2.23. The summed E-state index contributed by atoms with van der Waals surface area (Å²) in [5.74, 6) is 2.67. The Morgan fingerprint density at radius 1 is 1.35 bits per heavy atom. The van der Waals surface area contributed by atoms with E-state index >= 15 is 0 Å². The van der Waals surface area contributed by atoms with E-state index in [1.54, 1.807) is 23.9 Å². The molecule has 3 nitrogen and oxygen atoms in total. The van der Waals surface area contributed by atoms with Crippen LogP contribution in [0.25, 0.3) is 0 Å². The molecule has 5 heteroatoms. The number of rotatable bonds is 7. The Labute approximate surface area is 112 Å². The van der Waals surface area contributed by atoms with E-state index in [0.29, 0.717) is 5.92 Å². The smallest absolute Gasteiger partial charge is 0.258 e. The molecule has 0 spiro atoms. The molecular weight excluding hydrogens is 254 g/mol. The Morgan fingerprint density at radius 3 is 2.53 bits per heavy atom. The molecule has 1 aromatic rings. The number of nitrogens with zero attached hydrogens (tertiary/aromatic N) is 1. The molecule has 1 aromatic carbocycles. The van der Waals surface area contributed by atoms with Crippen molar-refractivity contribution in [3.63, 3.8) is 0 Å². The van der Waals surface area contributed by atoms with Crippen molar-refractivity contribution in [3.05, 3.63) is 34.4 Å². The highest BCUT2D eigenvalue weighted by molar-refractivity contribution is 7.99. The third-order valence-electron chi connectivity index (χ3n) is 2.55. The summed E-state index contributed by atoms with van der Waals surface area (Å²) in [7, 11) is 0. The third kappa shape index (κ3) is 5.46. The monoisotopic (exact) mass is 271 g/mol. The Kier molecular flexibility index (Phi) is 6.44. The van der Waals surface area contributed by atoms with E-state index in [0.717, 1.165) is 29.2 Å². The zero-order valence-electron chi connectivity index (χ0n) is 9.83. The molecule has 0 aliphatic heterocycles. The lowest BCUT2D eigenvalue weighted by molar-refractivity contribution is -0.384. The van der Waals surface area contributed by atoms with Crippen LogP contribution in [-0.2, 0) is 0 Å². The molecule has 1 unspecified atom stereocenters. The van der Waals surface area contributed by atoms with Gasteiger partial charge < -0.3 is 0 Å². The SMILES string of the molecule is CC(CCS)CCSc1ccc([N+](=O)[O-])cc1. The molecule has 17 heavy (non-hydrogen) atoms. The van der Waals surface area contributed by atoms with E-state index < -0.39 is 0 Å². The van der Waals surface area contributed by atoms with Gasteiger partial charge in [-0.15, -0.1) is 11.8 Å². The maximum absolute atomic E-state index is 10.5. The topological polar surface area (TPSA) is 43.1 Å². The number of nitro benzene ring substituents is 1. The molecule has 0 amide bonds. The summed E-state index contributed by atoms with van der Waals surface area (Å²) < 4.78 is 0. The number of hydrogen-bond donors (Lipinski definition) is 1. The second kappa shape index (κ2) is 7.61. The third-order valence-corrected chi connectivity index (χ3v) is 3.85. The Balaban J connectivity index is 2.34. The van der Waals surface area contributed by atoms with Crippen molar-refractivity contribution in [1.82, 2.24) is 0 Å². The summed E-state index contributed by atoms with van der Waals surface area (Å²) in [6.07, 6.45) is 2.30. The van der Waals surface area contributed by atoms with Crippen LogP contribution in [0.1, 0.15) is 19.8 Å². The zero-order chi connectivity index (χ0) is 12.7. The first-order chi connectivity index (χ1) is 8.13. The number of benzene rings is 1. The summed E-state index contributed by atoms with van der Waals surface area (Å²) in [5.41, 5.74) is 0.151. The fourth-order valence-corrected chi connectivity index (χ4v) is 2.93. The minimum absolute atomic E-state index is 0.151. The van der Waals surface area contributed by atoms with Crippen LogP contribution in [0.5, 0.6) is 0 Å². The highest BCUT2D eigenvalue weighted by Gasteiger charge is 2.05. The van der Waals surface area contributed by atoms with Gasteiger partial charge in [0.1, 0.15) is 0 Å². The van der Waals surface area contributed by atoms with Crippen LogP contribution in [0.2, 0.25) is 0 Å². The summed E-state index contributed by atoms with van der Waals surface area (Å²) >= 11 is 5.96. The van der Waals surface area contributed by atoms with E-state index in [1.165, 1.54) is 0 Å². The molecule has 0 aliphatic carbocycles. The number of nitro groups is 1. The second-order valence-corrected chi connectivity index (χ2v) is 5.62. The lowest BCUT2D eigenvalue weighted by atomic mass is 10.1. The molecule has 0 bridgehead atoms. The first-order valence-electron chi connectivity index (χ1n) is 5.61. The average molecular weight is 271 g/mol. The van der Waals surface area contributed by atoms with Crippen molar-refractivity contribution in [3.8, 4) is 0 Å². The van der Waals surface area contributed by atoms with E-state index in [-0.39, 0.29) is 10.6 Å². The van der Waals surface area contributed by atoms with Crippen molar-refractivity contribution in [2.75, 3.05) is 11.5 Å². The number of hydrogen-bond acceptors (Lipinski definition) is 4. The van der Waals surface area contributed by atoms with Gasteiger partial charge in [-0.3, -0.25) is 10.1 Å². The number of thiol groups is 1. The quantitative estimate of drug-likeness (QED) is 0.352. The van der Waals surface area contributed by atoms with Gasteiger partial charge in [-0.1, -0.05) is 6.92 Å². The number of non-ortho nitro benzene ring substituents is 1. The average Bonchev–Trinajstić information content (AvgIpc) is 2.30. The molecule has 0 N–H and O–H groups in total. The maximum Gasteiger partial charge on any atom is 0.269 e. The minimum Gasteiger partial charge on any atom is -0.258 e. The predicted molar refractivity (Wildman–Crippen MR) is 76.1 cm³/mol. The Morgan fingerprint density at radius 2 is 2.00 bits per heavy atom. The molecule has 0 saturated heterocycles. The lowest BCUT2D eigenvalue weighted by Gasteiger charge is -2.08. The molecular formula is C12H17NO2S2. The van der Waals surface area contributed by atoms with Gasteiger partial charge in [0.2, 0.25) is 0 Å². The minimum atomic E-state index is -0.372. The van der Waals surface area contributed by atoms with Gasteiger partial charge in [-0.25, -0.2) is 0 Å². The highest BCUT2D eigenvalue weighted by atomic mass is 32.2. The van der Waals surface area contributed by atoms with Crippen molar-refractivity contribution in [2.24, 2.45) is 5.92 Å². The van der Waals surface area contributed by atoms with Crippen molar-refractivity contribution >= 4 is 30.1 Å². The van der Waals surface area contributed by atoms with Gasteiger partial charge in [-0.05, 0) is 42.4 Å². The molecule has 1 rings (SSSR count). The summed E-state index contributed by atoms with van der Waals surface area (Å²) in [6.45, 7) is 2.23. The largest absolute Gasteiger partial charge is 0.269 e. The van der Waals surface area contributed by atoms with E-state index in [1.807, 2.05) is 12.1 Å². The first-order valence-corrected chi connectivity index (χ1v) is 7.23. The Bertz CT molecular complexity index is 354. The van der Waals surface area contributed by atoms with Gasteiger partial charge in [0, 0.05) is 17.0 Å². The number of thioether (sulfide) groups is 1. The molecule has 0 saturated carbocycles. The summed E-state index contributed by atoms with van der Waals surface area (Å²) in [5, 5.41) is 10.5. The van der Waals surface area contributed by atoms with Crippen LogP contribution in [0.4, 0.5) is 5.69 Å². The molecule has 0 aliphatic rings. The fourth-order valence-electron chi connectivity index (χ4n) is 1.41. The van der Waals surface area contributed by atoms with Crippen LogP contribution in [0.3, 0.4) is 0 Å². The van der Waals surface area contributed by atoms with Gasteiger partial charge >= 0.3 is 0 Å². The van der Waals surface area contributed by atoms with Crippen LogP contribution in [0, 0.1) is 16.0 Å². The molecule has 1 atom stereocenters. The van der Waals surface area contributed by atoms with Gasteiger partial charge in [0.25, 0.3) is 5.69 Å². The van der Waals surface area contributed by atoms with Gasteiger partial charge in [0.15, 0.2) is 0 Å². The standard InChI is InChI=1S/C12H17NO2S2/c1-10(6-8-16)7-9-17-12-4-2-11(3-5-12)13(14)15/h2-5,10,16H,6-9H2,1H3. The lowest BCUT2D eigenvalue weighted by Crippen LogP contribution is -1.97. The predicted octanol–water partition coefficient (Wildman–Crippen LogP) is 4.03. The second-order valence-electron chi connectivity index (χ2n) is 4.01. The molecule has 0 fully saturated rings. The van der Waals surface area contributed by atoms with E-state index in [9.17, 15) is 10.1 Å². The van der Waals surface area contributed by atoms with Crippen LogP contribution in [0.15, 0.2) is 29.2 Å². The van der Waals surface area contributed by atoms with Crippen LogP contribution >= 0.6 is 24.4 Å². The van der Waals surface area contributed by atoms with Crippen LogP contribution < -0.4 is 0 Å². The molecule has 0 aromatic heterocycles. The van der Waals surface area contributed by atoms with Crippen molar-refractivity contribution in [2.45, 2.75) is 24.7 Å². The zero-order valence-corrected chi connectivity index (χ0v) is 11.5. The van der Waals surface area contributed by atoms with Gasteiger partial charge in [0.05, 0.1) is 4.92 Å². The van der Waals surface area contributed by atoms with E-state index in [2.05, 4.69) is 19.6 Å². The summed E-state index contributed by atoms with van der Waals surface area (Å²) in [4.78, 5) is 11.2. The fraction of sp³-hybridized carbons (Fsp3) is 0.500. The van der Waals surface area contributed by atoms with Gasteiger partial charge in [-0.2, -0.15) is 12.6 Å². The van der Waals surface area contributed by atoms with Crippen molar-refractivity contribution < 1.29 is 4.92 Å². The summed E-state index contributed by atoms with van der Waals surface area (Å²) in [6, 6.07) is 6.73. The molecule has 0 radical (unpaired) electrons.